The van der Waals surface area contributed by atoms with Crippen LogP contribution in [0.25, 0.3) is 10.6 Å². The summed E-state index contributed by atoms with van der Waals surface area (Å²) in [5.41, 5.74) is 2.26. The van der Waals surface area contributed by atoms with Gasteiger partial charge in [-0.15, -0.1) is 11.3 Å². The summed E-state index contributed by atoms with van der Waals surface area (Å²) in [6, 6.07) is 21.8. The molecule has 0 atom stereocenters. The number of hydrogen-bond donors (Lipinski definition) is 1. The van der Waals surface area contributed by atoms with Gasteiger partial charge in [0.15, 0.2) is 11.5 Å². The van der Waals surface area contributed by atoms with Crippen LogP contribution in [0.4, 0.5) is 5.69 Å². The maximum absolute atomic E-state index is 12.5. The first-order chi connectivity index (χ1) is 14.2. The van der Waals surface area contributed by atoms with Crippen molar-refractivity contribution in [1.82, 2.24) is 5.16 Å². The molecule has 0 unspecified atom stereocenters. The number of anilines is 1. The molecule has 7 heteroatoms. The standard InChI is InChI=1S/C22H15N3O3S/c23-13-15-4-1-5-16(10-15)14-27-18-7-2-6-17(11-18)24-22(26)19-12-20(28-25-19)21-8-3-9-29-21/h1-12H,14H2,(H,24,26). The molecule has 4 aromatic rings. The van der Waals surface area contributed by atoms with Gasteiger partial charge in [0, 0.05) is 17.8 Å². The second-order valence-corrected chi connectivity index (χ2v) is 7.08. The van der Waals surface area contributed by atoms with Crippen molar-refractivity contribution < 1.29 is 14.1 Å². The number of ether oxygens (including phenoxy) is 1. The zero-order valence-electron chi connectivity index (χ0n) is 15.2. The molecular formula is C22H15N3O3S. The number of amides is 1. The first-order valence-corrected chi connectivity index (χ1v) is 9.63. The predicted molar refractivity (Wildman–Crippen MR) is 110 cm³/mol. The molecule has 0 aliphatic rings. The van der Waals surface area contributed by atoms with Gasteiger partial charge in [-0.3, -0.25) is 4.79 Å². The van der Waals surface area contributed by atoms with Crippen molar-refractivity contribution in [2.75, 3.05) is 5.32 Å². The Morgan fingerprint density at radius 3 is 2.86 bits per heavy atom. The summed E-state index contributed by atoms with van der Waals surface area (Å²) in [6.07, 6.45) is 0. The van der Waals surface area contributed by atoms with Crippen molar-refractivity contribution in [3.63, 3.8) is 0 Å². The molecule has 0 spiro atoms. The van der Waals surface area contributed by atoms with Crippen molar-refractivity contribution in [3.8, 4) is 22.5 Å². The minimum absolute atomic E-state index is 0.202. The Kier molecular flexibility index (Phi) is 5.36. The molecule has 2 aromatic carbocycles. The molecular weight excluding hydrogens is 386 g/mol. The summed E-state index contributed by atoms with van der Waals surface area (Å²) in [5.74, 6) is 0.793. The van der Waals surface area contributed by atoms with Gasteiger partial charge in [0.25, 0.3) is 5.91 Å². The SMILES string of the molecule is N#Cc1cccc(COc2cccc(NC(=O)c3cc(-c4cccs4)on3)c2)c1. The molecule has 0 bridgehead atoms. The van der Waals surface area contributed by atoms with Gasteiger partial charge in [0.05, 0.1) is 16.5 Å². The van der Waals surface area contributed by atoms with Crippen LogP contribution in [-0.2, 0) is 6.61 Å². The Balaban J connectivity index is 1.41. The number of carbonyl (C=O) groups is 1. The van der Waals surface area contributed by atoms with Gasteiger partial charge in [-0.05, 0) is 41.3 Å². The topological polar surface area (TPSA) is 88.1 Å². The van der Waals surface area contributed by atoms with E-state index >= 15 is 0 Å². The van der Waals surface area contributed by atoms with Crippen molar-refractivity contribution in [2.45, 2.75) is 6.61 Å². The van der Waals surface area contributed by atoms with Crippen LogP contribution in [0.5, 0.6) is 5.75 Å². The van der Waals surface area contributed by atoms with E-state index in [2.05, 4.69) is 16.5 Å². The average Bonchev–Trinajstić information content (AvgIpc) is 3.44. The third-order valence-corrected chi connectivity index (χ3v) is 4.94. The van der Waals surface area contributed by atoms with E-state index in [1.807, 2.05) is 29.6 Å². The number of benzene rings is 2. The van der Waals surface area contributed by atoms with E-state index in [1.165, 1.54) is 11.3 Å². The van der Waals surface area contributed by atoms with E-state index in [0.29, 0.717) is 29.4 Å². The minimum atomic E-state index is -0.365. The number of nitrogens with one attached hydrogen (secondary N) is 1. The highest BCUT2D eigenvalue weighted by molar-refractivity contribution is 7.13. The van der Waals surface area contributed by atoms with Crippen LogP contribution >= 0.6 is 11.3 Å². The normalized spacial score (nSPS) is 10.3. The van der Waals surface area contributed by atoms with Crippen LogP contribution in [0.1, 0.15) is 21.6 Å². The molecule has 0 saturated heterocycles. The van der Waals surface area contributed by atoms with Crippen LogP contribution in [0.3, 0.4) is 0 Å². The number of rotatable bonds is 6. The maximum Gasteiger partial charge on any atom is 0.277 e. The number of thiophene rings is 1. The summed E-state index contributed by atoms with van der Waals surface area (Å²) >= 11 is 1.51. The number of nitrogens with zero attached hydrogens (tertiary/aromatic N) is 2. The van der Waals surface area contributed by atoms with Crippen LogP contribution in [0, 0.1) is 11.3 Å². The molecule has 6 nitrogen and oxygen atoms in total. The molecule has 2 heterocycles. The van der Waals surface area contributed by atoms with Crippen LogP contribution in [-0.4, -0.2) is 11.1 Å². The summed E-state index contributed by atoms with van der Waals surface area (Å²) < 4.78 is 11.0. The van der Waals surface area contributed by atoms with Gasteiger partial charge in [-0.2, -0.15) is 5.26 Å². The fraction of sp³-hybridized carbons (Fsp3) is 0.0455. The quantitative estimate of drug-likeness (QED) is 0.485. The molecule has 0 radical (unpaired) electrons. The van der Waals surface area contributed by atoms with E-state index in [0.717, 1.165) is 10.4 Å². The van der Waals surface area contributed by atoms with E-state index in [-0.39, 0.29) is 11.6 Å². The summed E-state index contributed by atoms with van der Waals surface area (Å²) in [7, 11) is 0. The number of nitriles is 1. The van der Waals surface area contributed by atoms with Crippen LogP contribution < -0.4 is 10.1 Å². The molecule has 0 saturated carbocycles. The van der Waals surface area contributed by atoms with Gasteiger partial charge >= 0.3 is 0 Å². The maximum atomic E-state index is 12.5. The fourth-order valence-corrected chi connectivity index (χ4v) is 3.35. The zero-order valence-corrected chi connectivity index (χ0v) is 16.0. The highest BCUT2D eigenvalue weighted by Crippen LogP contribution is 2.26. The number of aromatic nitrogens is 1. The monoisotopic (exact) mass is 401 g/mol. The minimum Gasteiger partial charge on any atom is -0.489 e. The molecule has 4 rings (SSSR count). The fourth-order valence-electron chi connectivity index (χ4n) is 2.67. The van der Waals surface area contributed by atoms with Gasteiger partial charge in [-0.25, -0.2) is 0 Å². The molecule has 1 N–H and O–H groups in total. The largest absolute Gasteiger partial charge is 0.489 e. The summed E-state index contributed by atoms with van der Waals surface area (Å²) in [6.45, 7) is 0.320. The van der Waals surface area contributed by atoms with Gasteiger partial charge in [-0.1, -0.05) is 29.4 Å². The smallest absolute Gasteiger partial charge is 0.277 e. The molecule has 142 valence electrons. The van der Waals surface area contributed by atoms with E-state index in [4.69, 9.17) is 14.5 Å². The van der Waals surface area contributed by atoms with E-state index in [9.17, 15) is 4.79 Å². The van der Waals surface area contributed by atoms with E-state index < -0.39 is 0 Å². The second kappa shape index (κ2) is 8.42. The number of hydrogen-bond acceptors (Lipinski definition) is 6. The van der Waals surface area contributed by atoms with Crippen molar-refractivity contribution >= 4 is 22.9 Å². The lowest BCUT2D eigenvalue weighted by atomic mass is 10.1. The molecule has 0 fully saturated rings. The Labute approximate surface area is 171 Å². The third-order valence-electron chi connectivity index (χ3n) is 4.06. The second-order valence-electron chi connectivity index (χ2n) is 6.14. The van der Waals surface area contributed by atoms with Crippen molar-refractivity contribution in [1.29, 1.82) is 5.26 Å². The Bertz CT molecular complexity index is 1180. The Hall–Kier alpha value is -3.89. The summed E-state index contributed by atoms with van der Waals surface area (Å²) in [4.78, 5) is 13.4. The first kappa shape index (κ1) is 18.5. The van der Waals surface area contributed by atoms with Crippen molar-refractivity contribution in [3.05, 3.63) is 88.9 Å². The Morgan fingerprint density at radius 1 is 1.14 bits per heavy atom. The van der Waals surface area contributed by atoms with Crippen LogP contribution in [0.15, 0.2) is 76.6 Å². The zero-order chi connectivity index (χ0) is 20.1. The lowest BCUT2D eigenvalue weighted by molar-refractivity contribution is 0.101. The molecule has 29 heavy (non-hydrogen) atoms. The molecule has 0 aliphatic heterocycles. The molecule has 1 amide bonds. The highest BCUT2D eigenvalue weighted by atomic mass is 32.1. The highest BCUT2D eigenvalue weighted by Gasteiger charge is 2.14. The van der Waals surface area contributed by atoms with Crippen LogP contribution in [0.2, 0.25) is 0 Å². The predicted octanol–water partition coefficient (Wildman–Crippen LogP) is 5.11. The van der Waals surface area contributed by atoms with Gasteiger partial charge < -0.3 is 14.6 Å². The summed E-state index contributed by atoms with van der Waals surface area (Å²) in [5, 5.41) is 17.5. The molecule has 0 aliphatic carbocycles. The van der Waals surface area contributed by atoms with Gasteiger partial charge in [0.1, 0.15) is 12.4 Å². The van der Waals surface area contributed by atoms with E-state index in [1.54, 1.807) is 42.5 Å². The third kappa shape index (κ3) is 4.51. The lowest BCUT2D eigenvalue weighted by Crippen LogP contribution is -2.12. The van der Waals surface area contributed by atoms with Gasteiger partial charge in [0.2, 0.25) is 0 Å². The lowest BCUT2D eigenvalue weighted by Gasteiger charge is -2.09. The average molecular weight is 401 g/mol. The van der Waals surface area contributed by atoms with Crippen molar-refractivity contribution in [2.24, 2.45) is 0 Å². The Morgan fingerprint density at radius 2 is 2.03 bits per heavy atom. The molecule has 2 aromatic heterocycles. The first-order valence-electron chi connectivity index (χ1n) is 8.75. The number of carbonyl (C=O) groups excluding carboxylic acids is 1.